The van der Waals surface area contributed by atoms with Crippen molar-refractivity contribution in [1.29, 1.82) is 0 Å². The van der Waals surface area contributed by atoms with Gasteiger partial charge in [0, 0.05) is 23.7 Å². The molecule has 0 saturated carbocycles. The summed E-state index contributed by atoms with van der Waals surface area (Å²) in [6.45, 7) is 3.25. The second-order valence-corrected chi connectivity index (χ2v) is 6.60. The fourth-order valence-electron chi connectivity index (χ4n) is 3.09. The number of hydrogen-bond acceptors (Lipinski definition) is 8. The van der Waals surface area contributed by atoms with E-state index in [0.29, 0.717) is 16.8 Å². The number of ether oxygens (including phenoxy) is 4. The second kappa shape index (κ2) is 8.32. The number of carbonyl (C=O) groups is 2. The maximum atomic E-state index is 12.2. The van der Waals surface area contributed by atoms with Gasteiger partial charge in [0.15, 0.2) is 0 Å². The van der Waals surface area contributed by atoms with Gasteiger partial charge in [-0.15, -0.1) is 5.10 Å². The fourth-order valence-corrected chi connectivity index (χ4v) is 3.09. The minimum atomic E-state index is -0.871. The van der Waals surface area contributed by atoms with E-state index in [-0.39, 0.29) is 28.9 Å². The average molecular weight is 413 g/mol. The highest BCUT2D eigenvalue weighted by molar-refractivity contribution is 5.97. The van der Waals surface area contributed by atoms with E-state index in [0.717, 1.165) is 5.56 Å². The van der Waals surface area contributed by atoms with Crippen LogP contribution in [-0.2, 0) is 14.3 Å². The Labute approximate surface area is 174 Å². The molecule has 9 nitrogen and oxygen atoms in total. The summed E-state index contributed by atoms with van der Waals surface area (Å²) in [5.74, 6) is -0.217. The van der Waals surface area contributed by atoms with Crippen molar-refractivity contribution in [3.8, 4) is 11.5 Å². The third-order valence-corrected chi connectivity index (χ3v) is 4.69. The number of nitrogen functional groups attached to an aromatic ring is 1. The zero-order valence-corrected chi connectivity index (χ0v) is 17.4. The molecule has 0 fully saturated rings. The molecule has 0 saturated heterocycles. The molecular formula is C21H23N3O6. The fraction of sp³-hybridized carbons (Fsp3) is 0.286. The summed E-state index contributed by atoms with van der Waals surface area (Å²) in [4.78, 5) is 24.4. The SMILES string of the molecule is COC(=O)c1c(OC)cc(C2OC(c3ccc(N)c(C)c3)=NN2C(C)=O)cc1OC. The molecule has 3 rings (SSSR count). The quantitative estimate of drug-likeness (QED) is 0.592. The van der Waals surface area contributed by atoms with Crippen molar-refractivity contribution < 1.29 is 28.5 Å². The van der Waals surface area contributed by atoms with E-state index in [4.69, 9.17) is 24.7 Å². The Morgan fingerprint density at radius 3 is 2.23 bits per heavy atom. The normalized spacial score (nSPS) is 15.3. The monoisotopic (exact) mass is 413 g/mol. The maximum absolute atomic E-state index is 12.2. The highest BCUT2D eigenvalue weighted by Gasteiger charge is 2.35. The molecule has 158 valence electrons. The van der Waals surface area contributed by atoms with E-state index in [1.54, 1.807) is 24.3 Å². The molecule has 1 atom stereocenters. The van der Waals surface area contributed by atoms with Gasteiger partial charge < -0.3 is 24.7 Å². The number of amides is 1. The lowest BCUT2D eigenvalue weighted by atomic mass is 10.1. The largest absolute Gasteiger partial charge is 0.496 e. The van der Waals surface area contributed by atoms with Crippen LogP contribution in [0.4, 0.5) is 5.69 Å². The molecule has 0 radical (unpaired) electrons. The first kappa shape index (κ1) is 21.0. The minimum absolute atomic E-state index is 0.133. The molecule has 1 aliphatic rings. The van der Waals surface area contributed by atoms with Crippen molar-refractivity contribution in [2.75, 3.05) is 27.1 Å². The number of rotatable bonds is 5. The average Bonchev–Trinajstić information content (AvgIpc) is 3.20. The Morgan fingerprint density at radius 2 is 1.73 bits per heavy atom. The van der Waals surface area contributed by atoms with Crippen molar-refractivity contribution >= 4 is 23.5 Å². The summed E-state index contributed by atoms with van der Waals surface area (Å²) >= 11 is 0. The first-order chi connectivity index (χ1) is 14.3. The Balaban J connectivity index is 2.05. The number of hydrogen-bond donors (Lipinski definition) is 1. The lowest BCUT2D eigenvalue weighted by Gasteiger charge is -2.21. The van der Waals surface area contributed by atoms with Crippen molar-refractivity contribution in [2.24, 2.45) is 5.10 Å². The Morgan fingerprint density at radius 1 is 1.10 bits per heavy atom. The maximum Gasteiger partial charge on any atom is 0.345 e. The lowest BCUT2D eigenvalue weighted by molar-refractivity contribution is -0.135. The van der Waals surface area contributed by atoms with Crippen molar-refractivity contribution in [1.82, 2.24) is 5.01 Å². The van der Waals surface area contributed by atoms with E-state index in [1.165, 1.54) is 33.3 Å². The number of esters is 1. The number of benzene rings is 2. The second-order valence-electron chi connectivity index (χ2n) is 6.60. The van der Waals surface area contributed by atoms with Gasteiger partial charge in [0.25, 0.3) is 0 Å². The summed E-state index contributed by atoms with van der Waals surface area (Å²) < 4.78 is 21.5. The summed E-state index contributed by atoms with van der Waals surface area (Å²) in [5.41, 5.74) is 8.72. The summed E-state index contributed by atoms with van der Waals surface area (Å²) in [6.07, 6.45) is -0.871. The van der Waals surface area contributed by atoms with Crippen LogP contribution in [0.3, 0.4) is 0 Å². The van der Waals surface area contributed by atoms with E-state index in [2.05, 4.69) is 5.10 Å². The zero-order chi connectivity index (χ0) is 22.0. The highest BCUT2D eigenvalue weighted by atomic mass is 16.5. The third kappa shape index (κ3) is 3.73. The van der Waals surface area contributed by atoms with Crippen molar-refractivity contribution in [3.63, 3.8) is 0 Å². The third-order valence-electron chi connectivity index (χ3n) is 4.69. The number of carbonyl (C=O) groups excluding carboxylic acids is 2. The molecule has 30 heavy (non-hydrogen) atoms. The summed E-state index contributed by atoms with van der Waals surface area (Å²) in [5, 5.41) is 5.55. The van der Waals surface area contributed by atoms with Gasteiger partial charge in [-0.1, -0.05) is 0 Å². The van der Waals surface area contributed by atoms with Crippen LogP contribution < -0.4 is 15.2 Å². The number of methoxy groups -OCH3 is 3. The Hall–Kier alpha value is -3.75. The van der Waals surface area contributed by atoms with Crippen LogP contribution in [0.5, 0.6) is 11.5 Å². The van der Waals surface area contributed by atoms with E-state index >= 15 is 0 Å². The van der Waals surface area contributed by atoms with Crippen LogP contribution in [-0.4, -0.2) is 44.1 Å². The first-order valence-electron chi connectivity index (χ1n) is 9.06. The van der Waals surface area contributed by atoms with Crippen molar-refractivity contribution in [2.45, 2.75) is 20.1 Å². The van der Waals surface area contributed by atoms with Crippen LogP contribution in [0, 0.1) is 6.92 Å². The van der Waals surface area contributed by atoms with Gasteiger partial charge in [0.05, 0.1) is 21.3 Å². The number of anilines is 1. The molecule has 2 N–H and O–H groups in total. The Bertz CT molecular complexity index is 1010. The van der Waals surface area contributed by atoms with Gasteiger partial charge in [-0.3, -0.25) is 4.79 Å². The topological polar surface area (TPSA) is 113 Å². The van der Waals surface area contributed by atoms with Crippen LogP contribution in [0.1, 0.15) is 40.2 Å². The molecule has 2 aromatic carbocycles. The molecule has 0 spiro atoms. The Kier molecular flexibility index (Phi) is 5.81. The van der Waals surface area contributed by atoms with Gasteiger partial charge >= 0.3 is 5.97 Å². The highest BCUT2D eigenvalue weighted by Crippen LogP contribution is 2.38. The molecule has 1 amide bonds. The predicted octanol–water partition coefficient (Wildman–Crippen LogP) is 2.62. The molecule has 0 aliphatic carbocycles. The summed E-state index contributed by atoms with van der Waals surface area (Å²) in [6, 6.07) is 8.52. The van der Waals surface area contributed by atoms with Gasteiger partial charge in [0.1, 0.15) is 17.1 Å². The summed E-state index contributed by atoms with van der Waals surface area (Å²) in [7, 11) is 4.10. The lowest BCUT2D eigenvalue weighted by Crippen LogP contribution is -2.25. The molecule has 1 aliphatic heterocycles. The van der Waals surface area contributed by atoms with E-state index in [1.807, 2.05) is 13.0 Å². The molecule has 1 heterocycles. The van der Waals surface area contributed by atoms with Gasteiger partial charge in [-0.05, 0) is 42.8 Å². The minimum Gasteiger partial charge on any atom is -0.496 e. The van der Waals surface area contributed by atoms with Gasteiger partial charge in [-0.25, -0.2) is 4.79 Å². The number of hydrazone groups is 1. The van der Waals surface area contributed by atoms with Gasteiger partial charge in [0.2, 0.25) is 18.0 Å². The van der Waals surface area contributed by atoms with E-state index in [9.17, 15) is 9.59 Å². The van der Waals surface area contributed by atoms with Crippen LogP contribution >= 0.6 is 0 Å². The predicted molar refractivity (Wildman–Crippen MR) is 109 cm³/mol. The van der Waals surface area contributed by atoms with Crippen LogP contribution in [0.2, 0.25) is 0 Å². The number of nitrogens with two attached hydrogens (primary N) is 1. The molecule has 0 bridgehead atoms. The molecule has 0 aromatic heterocycles. The molecular weight excluding hydrogens is 390 g/mol. The van der Waals surface area contributed by atoms with Crippen LogP contribution in [0.15, 0.2) is 35.4 Å². The van der Waals surface area contributed by atoms with Crippen LogP contribution in [0.25, 0.3) is 0 Å². The van der Waals surface area contributed by atoms with Gasteiger partial charge in [-0.2, -0.15) is 5.01 Å². The molecule has 1 unspecified atom stereocenters. The smallest absolute Gasteiger partial charge is 0.345 e. The van der Waals surface area contributed by atoms with E-state index < -0.39 is 12.2 Å². The molecule has 9 heteroatoms. The zero-order valence-electron chi connectivity index (χ0n) is 17.4. The standard InChI is InChI=1S/C21H23N3O6/c1-11-8-13(6-7-15(11)22)19-23-24(12(2)25)20(30-19)14-9-16(27-3)18(21(26)29-5)17(10-14)28-4/h6-10,20H,22H2,1-5H3. The molecule has 2 aromatic rings. The number of aryl methyl sites for hydroxylation is 1. The van der Waals surface area contributed by atoms with Crippen molar-refractivity contribution in [3.05, 3.63) is 52.6 Å². The number of nitrogens with zero attached hydrogens (tertiary/aromatic N) is 2. The first-order valence-corrected chi connectivity index (χ1v) is 9.06.